The van der Waals surface area contributed by atoms with E-state index in [9.17, 15) is 10.1 Å². The Balaban J connectivity index is 2.10. The Bertz CT molecular complexity index is 657. The molecule has 1 aliphatic carbocycles. The minimum Gasteiger partial charge on any atom is -0.374 e. The fraction of sp³-hybridized carbons (Fsp3) is 0.333. The van der Waals surface area contributed by atoms with Crippen LogP contribution in [0.15, 0.2) is 53.9 Å². The van der Waals surface area contributed by atoms with E-state index >= 15 is 0 Å². The van der Waals surface area contributed by atoms with Crippen molar-refractivity contribution in [3.63, 3.8) is 0 Å². The van der Waals surface area contributed by atoms with Crippen molar-refractivity contribution < 1.29 is 4.92 Å². The molecule has 4 heteroatoms. The van der Waals surface area contributed by atoms with Crippen molar-refractivity contribution in [2.75, 3.05) is 7.05 Å². The molecule has 0 unspecified atom stereocenters. The lowest BCUT2D eigenvalue weighted by Crippen LogP contribution is -2.18. The normalized spacial score (nSPS) is 20.9. The van der Waals surface area contributed by atoms with Crippen LogP contribution in [-0.4, -0.2) is 16.9 Å². The molecule has 0 spiro atoms. The summed E-state index contributed by atoms with van der Waals surface area (Å²) in [6.07, 6.45) is 8.48. The van der Waals surface area contributed by atoms with Crippen molar-refractivity contribution in [2.45, 2.75) is 33.2 Å². The molecule has 0 fully saturated rings. The highest BCUT2D eigenvalue weighted by molar-refractivity contribution is 5.31. The van der Waals surface area contributed by atoms with Gasteiger partial charge in [-0.05, 0) is 37.5 Å². The quantitative estimate of drug-likeness (QED) is 0.620. The largest absolute Gasteiger partial charge is 0.374 e. The topological polar surface area (TPSA) is 46.4 Å². The number of hydrogen-bond donors (Lipinski definition) is 0. The van der Waals surface area contributed by atoms with Crippen molar-refractivity contribution in [1.82, 2.24) is 4.90 Å². The monoisotopic (exact) mass is 298 g/mol. The zero-order valence-corrected chi connectivity index (χ0v) is 13.4. The number of benzene rings is 1. The summed E-state index contributed by atoms with van der Waals surface area (Å²) in [4.78, 5) is 12.7. The molecule has 0 aromatic heterocycles. The van der Waals surface area contributed by atoms with Gasteiger partial charge in [0.25, 0.3) is 5.70 Å². The van der Waals surface area contributed by atoms with E-state index in [1.165, 1.54) is 22.4 Å². The highest BCUT2D eigenvalue weighted by Crippen LogP contribution is 2.19. The average Bonchev–Trinajstić information content (AvgIpc) is 2.41. The second-order valence-corrected chi connectivity index (χ2v) is 5.71. The molecule has 0 atom stereocenters. The summed E-state index contributed by atoms with van der Waals surface area (Å²) in [5, 5.41) is 10.8. The summed E-state index contributed by atoms with van der Waals surface area (Å²) < 4.78 is 0. The van der Waals surface area contributed by atoms with Crippen LogP contribution < -0.4 is 0 Å². The SMILES string of the molecule is Cc1ccc(CN(C)/C2=C/C/C=C([N+](=O)[O-])\C=C/C2)c(C)c1. The highest BCUT2D eigenvalue weighted by atomic mass is 16.6. The summed E-state index contributed by atoms with van der Waals surface area (Å²) in [7, 11) is 2.07. The molecule has 0 bridgehead atoms. The van der Waals surface area contributed by atoms with Gasteiger partial charge in [0.05, 0.1) is 4.92 Å². The molecule has 116 valence electrons. The van der Waals surface area contributed by atoms with Gasteiger partial charge in [0.15, 0.2) is 0 Å². The molecule has 2 rings (SSSR count). The number of rotatable bonds is 4. The molecular weight excluding hydrogens is 276 g/mol. The molecule has 4 nitrogen and oxygen atoms in total. The minimum absolute atomic E-state index is 0.173. The Labute approximate surface area is 131 Å². The number of nitro groups is 1. The maximum atomic E-state index is 10.8. The van der Waals surface area contributed by atoms with Crippen molar-refractivity contribution in [1.29, 1.82) is 0 Å². The maximum absolute atomic E-state index is 10.8. The fourth-order valence-electron chi connectivity index (χ4n) is 2.59. The van der Waals surface area contributed by atoms with E-state index in [2.05, 4.69) is 50.1 Å². The third-order valence-electron chi connectivity index (χ3n) is 3.90. The maximum Gasteiger partial charge on any atom is 0.265 e. The highest BCUT2D eigenvalue weighted by Gasteiger charge is 2.10. The first-order valence-electron chi connectivity index (χ1n) is 7.45. The number of nitrogens with zero attached hydrogens (tertiary/aromatic N) is 2. The summed E-state index contributed by atoms with van der Waals surface area (Å²) in [5.41, 5.74) is 5.24. The van der Waals surface area contributed by atoms with Crippen LogP contribution in [0.3, 0.4) is 0 Å². The van der Waals surface area contributed by atoms with E-state index in [-0.39, 0.29) is 10.6 Å². The lowest BCUT2D eigenvalue weighted by molar-refractivity contribution is -0.419. The van der Waals surface area contributed by atoms with Crippen LogP contribution >= 0.6 is 0 Å². The molecule has 0 saturated heterocycles. The van der Waals surface area contributed by atoms with Crippen LogP contribution in [0.5, 0.6) is 0 Å². The number of aryl methyl sites for hydroxylation is 2. The minimum atomic E-state index is -0.339. The van der Waals surface area contributed by atoms with E-state index in [1.54, 1.807) is 12.2 Å². The molecule has 0 N–H and O–H groups in total. The van der Waals surface area contributed by atoms with Crippen molar-refractivity contribution in [2.24, 2.45) is 0 Å². The Hall–Kier alpha value is -2.36. The molecular formula is C18H22N2O2. The Morgan fingerprint density at radius 2 is 2.05 bits per heavy atom. The Morgan fingerprint density at radius 1 is 1.27 bits per heavy atom. The fourth-order valence-corrected chi connectivity index (χ4v) is 2.59. The second kappa shape index (κ2) is 7.07. The molecule has 0 amide bonds. The molecule has 1 aliphatic rings. The van der Waals surface area contributed by atoms with Crippen LogP contribution in [0.2, 0.25) is 0 Å². The van der Waals surface area contributed by atoms with E-state index < -0.39 is 0 Å². The molecule has 1 aromatic carbocycles. The van der Waals surface area contributed by atoms with Crippen LogP contribution in [0.25, 0.3) is 0 Å². The number of allylic oxidation sites excluding steroid dienone is 4. The summed E-state index contributed by atoms with van der Waals surface area (Å²) in [6, 6.07) is 6.50. The smallest absolute Gasteiger partial charge is 0.265 e. The summed E-state index contributed by atoms with van der Waals surface area (Å²) in [5.74, 6) is 0. The van der Waals surface area contributed by atoms with E-state index in [4.69, 9.17) is 0 Å². The predicted molar refractivity (Wildman–Crippen MR) is 88.9 cm³/mol. The van der Waals surface area contributed by atoms with Gasteiger partial charge in [0, 0.05) is 31.8 Å². The summed E-state index contributed by atoms with van der Waals surface area (Å²) in [6.45, 7) is 5.08. The van der Waals surface area contributed by atoms with Gasteiger partial charge in [-0.15, -0.1) is 0 Å². The lowest BCUT2D eigenvalue weighted by Gasteiger charge is -2.23. The van der Waals surface area contributed by atoms with Gasteiger partial charge in [-0.2, -0.15) is 0 Å². The van der Waals surface area contributed by atoms with Gasteiger partial charge in [-0.3, -0.25) is 10.1 Å². The third-order valence-corrected chi connectivity index (χ3v) is 3.90. The van der Waals surface area contributed by atoms with E-state index in [1.807, 2.05) is 6.08 Å². The van der Waals surface area contributed by atoms with Crippen LogP contribution in [0.1, 0.15) is 29.5 Å². The van der Waals surface area contributed by atoms with Crippen LogP contribution in [-0.2, 0) is 6.54 Å². The summed E-state index contributed by atoms with van der Waals surface area (Å²) >= 11 is 0. The first-order valence-corrected chi connectivity index (χ1v) is 7.45. The van der Waals surface area contributed by atoms with Crippen molar-refractivity contribution in [3.05, 3.63) is 80.7 Å². The zero-order valence-electron chi connectivity index (χ0n) is 13.4. The first-order chi connectivity index (χ1) is 10.5. The van der Waals surface area contributed by atoms with E-state index in [0.29, 0.717) is 12.8 Å². The Morgan fingerprint density at radius 3 is 2.73 bits per heavy atom. The molecule has 22 heavy (non-hydrogen) atoms. The molecule has 0 saturated carbocycles. The lowest BCUT2D eigenvalue weighted by atomic mass is 10.0. The van der Waals surface area contributed by atoms with Gasteiger partial charge in [0.2, 0.25) is 0 Å². The third kappa shape index (κ3) is 4.07. The molecule has 1 aromatic rings. The van der Waals surface area contributed by atoms with E-state index in [0.717, 1.165) is 6.54 Å². The van der Waals surface area contributed by atoms with Gasteiger partial charge in [-0.25, -0.2) is 0 Å². The second-order valence-electron chi connectivity index (χ2n) is 5.71. The first kappa shape index (κ1) is 16.0. The van der Waals surface area contributed by atoms with Crippen molar-refractivity contribution in [3.8, 4) is 0 Å². The predicted octanol–water partition coefficient (Wildman–Crippen LogP) is 4.13. The molecule has 0 aliphatic heterocycles. The van der Waals surface area contributed by atoms with Gasteiger partial charge < -0.3 is 4.90 Å². The zero-order chi connectivity index (χ0) is 16.1. The van der Waals surface area contributed by atoms with Gasteiger partial charge >= 0.3 is 0 Å². The van der Waals surface area contributed by atoms with Gasteiger partial charge in [-0.1, -0.05) is 35.9 Å². The van der Waals surface area contributed by atoms with Crippen molar-refractivity contribution >= 4 is 0 Å². The average molecular weight is 298 g/mol. The standard InChI is InChI=1S/C18H22N2O2/c1-14-10-11-16(15(2)12-14)13-19(3)17-6-4-8-18(20(21)22)9-5-7-17/h4,7-12H,5-6,13H2,1-3H3/b8-4-,17-7+,18-9+. The van der Waals surface area contributed by atoms with Gasteiger partial charge in [0.1, 0.15) is 0 Å². The number of hydrogen-bond acceptors (Lipinski definition) is 3. The Kier molecular flexibility index (Phi) is 5.15. The molecule has 0 radical (unpaired) electrons. The van der Waals surface area contributed by atoms with Crippen LogP contribution in [0.4, 0.5) is 0 Å². The van der Waals surface area contributed by atoms with Crippen LogP contribution in [0, 0.1) is 24.0 Å². The molecule has 0 heterocycles.